The van der Waals surface area contributed by atoms with Crippen LogP contribution in [0.15, 0.2) is 35.1 Å². The van der Waals surface area contributed by atoms with Gasteiger partial charge in [-0.3, -0.25) is 4.79 Å². The van der Waals surface area contributed by atoms with Gasteiger partial charge < -0.3 is 5.11 Å². The SMILES string of the molecule is Cc1cc(=O)n(-c2ccc(I)cc2)c(O)c1C#N. The Hall–Kier alpha value is -1.81. The maximum atomic E-state index is 11.9. The highest BCUT2D eigenvalue weighted by Gasteiger charge is 2.13. The van der Waals surface area contributed by atoms with E-state index in [1.165, 1.54) is 6.07 Å². The van der Waals surface area contributed by atoms with Crippen LogP contribution in [-0.2, 0) is 0 Å². The van der Waals surface area contributed by atoms with Crippen LogP contribution in [0.3, 0.4) is 0 Å². The molecule has 4 nitrogen and oxygen atoms in total. The summed E-state index contributed by atoms with van der Waals surface area (Å²) < 4.78 is 2.15. The van der Waals surface area contributed by atoms with Crippen LogP contribution < -0.4 is 5.56 Å². The molecule has 0 spiro atoms. The smallest absolute Gasteiger partial charge is 0.258 e. The normalized spacial score (nSPS) is 10.1. The zero-order chi connectivity index (χ0) is 13.3. The highest BCUT2D eigenvalue weighted by Crippen LogP contribution is 2.21. The Morgan fingerprint density at radius 2 is 1.94 bits per heavy atom. The van der Waals surface area contributed by atoms with Crippen molar-refractivity contribution in [3.63, 3.8) is 0 Å². The van der Waals surface area contributed by atoms with Gasteiger partial charge in [-0.2, -0.15) is 5.26 Å². The van der Waals surface area contributed by atoms with Crippen molar-refractivity contribution in [2.75, 3.05) is 0 Å². The van der Waals surface area contributed by atoms with Gasteiger partial charge in [-0.1, -0.05) is 0 Å². The van der Waals surface area contributed by atoms with E-state index < -0.39 is 0 Å². The highest BCUT2D eigenvalue weighted by molar-refractivity contribution is 14.1. The Kier molecular flexibility index (Phi) is 3.39. The van der Waals surface area contributed by atoms with E-state index in [9.17, 15) is 9.90 Å². The molecular weight excluding hydrogens is 343 g/mol. The molecule has 2 aromatic rings. The van der Waals surface area contributed by atoms with Crippen molar-refractivity contribution in [2.24, 2.45) is 0 Å². The van der Waals surface area contributed by atoms with E-state index in [-0.39, 0.29) is 17.0 Å². The van der Waals surface area contributed by atoms with Crippen LogP contribution >= 0.6 is 22.6 Å². The lowest BCUT2D eigenvalue weighted by Gasteiger charge is -2.10. The Morgan fingerprint density at radius 1 is 1.33 bits per heavy atom. The summed E-state index contributed by atoms with van der Waals surface area (Å²) in [7, 11) is 0. The van der Waals surface area contributed by atoms with Crippen molar-refractivity contribution in [3.8, 4) is 17.6 Å². The van der Waals surface area contributed by atoms with Crippen molar-refractivity contribution in [2.45, 2.75) is 6.92 Å². The summed E-state index contributed by atoms with van der Waals surface area (Å²) in [5, 5.41) is 19.0. The molecule has 1 aromatic carbocycles. The maximum absolute atomic E-state index is 11.9. The van der Waals surface area contributed by atoms with Crippen LogP contribution in [0.1, 0.15) is 11.1 Å². The van der Waals surface area contributed by atoms with Gasteiger partial charge in [0.25, 0.3) is 5.56 Å². The van der Waals surface area contributed by atoms with E-state index >= 15 is 0 Å². The number of nitrogens with zero attached hydrogens (tertiary/aromatic N) is 2. The minimum absolute atomic E-state index is 0.119. The molecule has 0 saturated heterocycles. The van der Waals surface area contributed by atoms with Crippen LogP contribution in [-0.4, -0.2) is 9.67 Å². The summed E-state index contributed by atoms with van der Waals surface area (Å²) in [6.07, 6.45) is 0. The van der Waals surface area contributed by atoms with Gasteiger partial charge in [-0.05, 0) is 59.3 Å². The van der Waals surface area contributed by atoms with Crippen molar-refractivity contribution in [3.05, 3.63) is 55.4 Å². The molecule has 0 aliphatic carbocycles. The second-order valence-corrected chi connectivity index (χ2v) is 5.03. The lowest BCUT2D eigenvalue weighted by Crippen LogP contribution is -2.19. The molecule has 0 aliphatic rings. The van der Waals surface area contributed by atoms with Crippen LogP contribution in [0.4, 0.5) is 0 Å². The summed E-state index contributed by atoms with van der Waals surface area (Å²) in [6, 6.07) is 10.3. The molecule has 0 atom stereocenters. The number of hydrogen-bond donors (Lipinski definition) is 1. The summed E-state index contributed by atoms with van der Waals surface area (Å²) in [5.74, 6) is -0.316. The number of halogens is 1. The number of aromatic hydroxyl groups is 1. The van der Waals surface area contributed by atoms with Gasteiger partial charge in [0.05, 0.1) is 5.69 Å². The van der Waals surface area contributed by atoms with Gasteiger partial charge in [0.15, 0.2) is 0 Å². The van der Waals surface area contributed by atoms with Gasteiger partial charge in [0.1, 0.15) is 11.6 Å². The maximum Gasteiger partial charge on any atom is 0.258 e. The number of benzene rings is 1. The molecule has 5 heteroatoms. The first kappa shape index (κ1) is 12.6. The molecule has 1 N–H and O–H groups in total. The third-order valence-corrected chi connectivity index (χ3v) is 3.31. The fourth-order valence-corrected chi connectivity index (χ4v) is 2.05. The lowest BCUT2D eigenvalue weighted by atomic mass is 10.1. The van der Waals surface area contributed by atoms with Crippen LogP contribution in [0.25, 0.3) is 5.69 Å². The standard InChI is InChI=1S/C13H9IN2O2/c1-8-6-12(17)16(13(18)11(8)7-15)10-4-2-9(14)3-5-10/h2-6,18H,1H3. The molecule has 0 unspecified atom stereocenters. The largest absolute Gasteiger partial charge is 0.493 e. The van der Waals surface area contributed by atoms with Gasteiger partial charge in [0, 0.05) is 9.64 Å². The number of rotatable bonds is 1. The first-order valence-electron chi connectivity index (χ1n) is 5.16. The zero-order valence-corrected chi connectivity index (χ0v) is 11.7. The minimum atomic E-state index is -0.356. The Balaban J connectivity index is 2.76. The quantitative estimate of drug-likeness (QED) is 0.802. The van der Waals surface area contributed by atoms with E-state index in [2.05, 4.69) is 22.6 Å². The molecule has 90 valence electrons. The summed E-state index contributed by atoms with van der Waals surface area (Å²) in [6.45, 7) is 1.62. The van der Waals surface area contributed by atoms with E-state index in [0.717, 1.165) is 8.14 Å². The fraction of sp³-hybridized carbons (Fsp3) is 0.0769. The third kappa shape index (κ3) is 2.11. The first-order chi connectivity index (χ1) is 8.54. The lowest BCUT2D eigenvalue weighted by molar-refractivity contribution is 0.433. The number of aryl methyl sites for hydroxylation is 1. The van der Waals surface area contributed by atoms with Crippen molar-refractivity contribution in [1.29, 1.82) is 5.26 Å². The molecular formula is C13H9IN2O2. The Labute approximate surface area is 117 Å². The first-order valence-corrected chi connectivity index (χ1v) is 6.24. The summed E-state index contributed by atoms with van der Waals surface area (Å²) in [4.78, 5) is 11.9. The third-order valence-electron chi connectivity index (χ3n) is 2.59. The molecule has 2 rings (SSSR count). The second-order valence-electron chi connectivity index (χ2n) is 3.79. The topological polar surface area (TPSA) is 66.0 Å². The Morgan fingerprint density at radius 3 is 2.50 bits per heavy atom. The number of aromatic nitrogens is 1. The highest BCUT2D eigenvalue weighted by atomic mass is 127. The number of pyridine rings is 1. The van der Waals surface area contributed by atoms with Gasteiger partial charge in [0.2, 0.25) is 5.88 Å². The van der Waals surface area contributed by atoms with Crippen molar-refractivity contribution in [1.82, 2.24) is 4.57 Å². The van der Waals surface area contributed by atoms with E-state index in [1.54, 1.807) is 19.1 Å². The van der Waals surface area contributed by atoms with Crippen molar-refractivity contribution < 1.29 is 5.11 Å². The Bertz CT molecular complexity index is 697. The molecule has 1 aromatic heterocycles. The van der Waals surface area contributed by atoms with Crippen LogP contribution in [0.2, 0.25) is 0 Å². The van der Waals surface area contributed by atoms with Gasteiger partial charge in [-0.25, -0.2) is 4.57 Å². The van der Waals surface area contributed by atoms with E-state index in [0.29, 0.717) is 11.3 Å². The van der Waals surface area contributed by atoms with Gasteiger partial charge >= 0.3 is 0 Å². The predicted octanol–water partition coefficient (Wildman–Crippen LogP) is 2.33. The average molecular weight is 352 g/mol. The number of hydrogen-bond acceptors (Lipinski definition) is 3. The average Bonchev–Trinajstić information content (AvgIpc) is 2.31. The number of nitriles is 1. The minimum Gasteiger partial charge on any atom is -0.493 e. The van der Waals surface area contributed by atoms with E-state index in [4.69, 9.17) is 5.26 Å². The van der Waals surface area contributed by atoms with E-state index in [1.807, 2.05) is 18.2 Å². The van der Waals surface area contributed by atoms with Crippen molar-refractivity contribution >= 4 is 22.6 Å². The molecule has 0 saturated carbocycles. The molecule has 0 fully saturated rings. The van der Waals surface area contributed by atoms with Gasteiger partial charge in [-0.15, -0.1) is 0 Å². The fourth-order valence-electron chi connectivity index (χ4n) is 1.69. The predicted molar refractivity (Wildman–Crippen MR) is 75.9 cm³/mol. The molecule has 0 bridgehead atoms. The monoisotopic (exact) mass is 352 g/mol. The zero-order valence-electron chi connectivity index (χ0n) is 9.51. The van der Waals surface area contributed by atoms with Crippen LogP contribution in [0, 0.1) is 21.8 Å². The molecule has 18 heavy (non-hydrogen) atoms. The summed E-state index contributed by atoms with van der Waals surface area (Å²) >= 11 is 2.15. The van der Waals surface area contributed by atoms with Crippen LogP contribution in [0.5, 0.6) is 5.88 Å². The molecule has 0 radical (unpaired) electrons. The molecule has 0 amide bonds. The molecule has 1 heterocycles. The summed E-state index contributed by atoms with van der Waals surface area (Å²) in [5.41, 5.74) is 0.773. The molecule has 0 aliphatic heterocycles. The second kappa shape index (κ2) is 4.82.